The lowest BCUT2D eigenvalue weighted by molar-refractivity contribution is 0.0641. The number of rotatable bonds is 5. The average molecular weight is 354 g/mol. The lowest BCUT2D eigenvalue weighted by atomic mass is 10.1. The number of piperazine rings is 1. The summed E-state index contributed by atoms with van der Waals surface area (Å²) in [6, 6.07) is 8.31. The van der Waals surface area contributed by atoms with E-state index in [-0.39, 0.29) is 5.91 Å². The molecule has 1 aromatic carbocycles. The van der Waals surface area contributed by atoms with E-state index in [1.54, 1.807) is 0 Å². The number of benzene rings is 1. The van der Waals surface area contributed by atoms with Crippen molar-refractivity contribution < 1.29 is 4.79 Å². The predicted molar refractivity (Wildman–Crippen MR) is 105 cm³/mol. The zero-order valence-corrected chi connectivity index (χ0v) is 16.5. The Hall–Kier alpha value is -2.14. The zero-order chi connectivity index (χ0) is 18.7. The Morgan fingerprint density at radius 1 is 1.08 bits per heavy atom. The van der Waals surface area contributed by atoms with Crippen molar-refractivity contribution in [1.82, 2.24) is 19.6 Å². The van der Waals surface area contributed by atoms with E-state index in [1.807, 2.05) is 15.6 Å². The van der Waals surface area contributed by atoms with Crippen molar-refractivity contribution in [3.63, 3.8) is 0 Å². The molecule has 2 aromatic rings. The van der Waals surface area contributed by atoms with Crippen LogP contribution in [0.15, 0.2) is 24.3 Å². The van der Waals surface area contributed by atoms with Crippen molar-refractivity contribution in [2.75, 3.05) is 32.7 Å². The highest BCUT2D eigenvalue weighted by molar-refractivity contribution is 5.96. The van der Waals surface area contributed by atoms with Gasteiger partial charge in [0.2, 0.25) is 0 Å². The monoisotopic (exact) mass is 354 g/mol. The highest BCUT2D eigenvalue weighted by Crippen LogP contribution is 2.23. The van der Waals surface area contributed by atoms with E-state index in [2.05, 4.69) is 50.8 Å². The Morgan fingerprint density at radius 3 is 2.38 bits per heavy atom. The molecule has 1 aliphatic heterocycles. The fourth-order valence-corrected chi connectivity index (χ4v) is 3.72. The van der Waals surface area contributed by atoms with Crippen molar-refractivity contribution in [3.8, 4) is 5.69 Å². The Bertz CT molecular complexity index is 772. The Morgan fingerprint density at radius 2 is 1.81 bits per heavy atom. The number of amides is 1. The van der Waals surface area contributed by atoms with E-state index < -0.39 is 0 Å². The highest BCUT2D eigenvalue weighted by Gasteiger charge is 2.28. The lowest BCUT2D eigenvalue weighted by Gasteiger charge is -2.34. The molecule has 0 unspecified atom stereocenters. The summed E-state index contributed by atoms with van der Waals surface area (Å²) in [5.41, 5.74) is 4.98. The lowest BCUT2D eigenvalue weighted by Crippen LogP contribution is -2.48. The molecule has 0 N–H and O–H groups in total. The third kappa shape index (κ3) is 3.54. The minimum absolute atomic E-state index is 0.147. The smallest absolute Gasteiger partial charge is 0.257 e. The number of carbonyl (C=O) groups excluding carboxylic acids is 1. The maximum atomic E-state index is 13.3. The molecule has 1 aromatic heterocycles. The van der Waals surface area contributed by atoms with Crippen molar-refractivity contribution in [2.24, 2.45) is 0 Å². The minimum Gasteiger partial charge on any atom is -0.336 e. The quantitative estimate of drug-likeness (QED) is 0.829. The second-order valence-corrected chi connectivity index (χ2v) is 6.95. The average Bonchev–Trinajstić information content (AvgIpc) is 3.06. The molecule has 0 spiro atoms. The van der Waals surface area contributed by atoms with Gasteiger partial charge in [-0.3, -0.25) is 4.79 Å². The first-order chi connectivity index (χ1) is 12.6. The third-order valence-electron chi connectivity index (χ3n) is 5.29. The molecule has 0 atom stereocenters. The number of nitrogens with zero attached hydrogens (tertiary/aromatic N) is 4. The SMILES string of the molecule is CCc1nn(-c2cccc(C)c2)c(CC)c1C(=O)N1CCN(CC)CC1. The second kappa shape index (κ2) is 8.04. The first-order valence-corrected chi connectivity index (χ1v) is 9.78. The fraction of sp³-hybridized carbons (Fsp3) is 0.524. The molecule has 3 rings (SSSR count). The maximum absolute atomic E-state index is 13.3. The molecule has 26 heavy (non-hydrogen) atoms. The van der Waals surface area contributed by atoms with E-state index in [0.29, 0.717) is 0 Å². The van der Waals surface area contributed by atoms with E-state index in [4.69, 9.17) is 5.10 Å². The summed E-state index contributed by atoms with van der Waals surface area (Å²) in [6.07, 6.45) is 1.55. The van der Waals surface area contributed by atoms with E-state index in [9.17, 15) is 4.79 Å². The largest absolute Gasteiger partial charge is 0.336 e. The Kier molecular flexibility index (Phi) is 5.77. The van der Waals surface area contributed by atoms with Gasteiger partial charge in [0.1, 0.15) is 0 Å². The molecule has 0 radical (unpaired) electrons. The summed E-state index contributed by atoms with van der Waals surface area (Å²) in [6.45, 7) is 13.0. The molecular formula is C21H30N4O. The number of carbonyl (C=O) groups is 1. The Balaban J connectivity index is 1.97. The van der Waals surface area contributed by atoms with E-state index >= 15 is 0 Å². The predicted octanol–water partition coefficient (Wildman–Crippen LogP) is 3.08. The number of aryl methyl sites for hydroxylation is 2. The molecule has 1 fully saturated rings. The number of likely N-dealkylation sites (N-methyl/N-ethyl adjacent to an activating group) is 1. The van der Waals surface area contributed by atoms with Gasteiger partial charge in [0, 0.05) is 26.2 Å². The standard InChI is InChI=1S/C21H30N4O/c1-5-18-20(21(26)24-13-11-23(7-3)12-14-24)19(6-2)25(22-18)17-10-8-9-16(4)15-17/h8-10,15H,5-7,11-14H2,1-4H3. The molecule has 5 nitrogen and oxygen atoms in total. The van der Waals surface area contributed by atoms with Gasteiger partial charge in [0.25, 0.3) is 5.91 Å². The summed E-state index contributed by atoms with van der Waals surface area (Å²) < 4.78 is 1.97. The minimum atomic E-state index is 0.147. The van der Waals surface area contributed by atoms with Gasteiger partial charge in [0.15, 0.2) is 0 Å². The van der Waals surface area contributed by atoms with Crippen LogP contribution in [0, 0.1) is 6.92 Å². The summed E-state index contributed by atoms with van der Waals surface area (Å²) >= 11 is 0. The van der Waals surface area contributed by atoms with Crippen LogP contribution in [-0.4, -0.2) is 58.2 Å². The molecule has 0 aliphatic carbocycles. The van der Waals surface area contributed by atoms with Crippen molar-refractivity contribution in [2.45, 2.75) is 40.5 Å². The van der Waals surface area contributed by atoms with Gasteiger partial charge in [-0.25, -0.2) is 4.68 Å². The molecule has 140 valence electrons. The first kappa shape index (κ1) is 18.6. The number of hydrogen-bond donors (Lipinski definition) is 0. The van der Waals surface area contributed by atoms with Crippen LogP contribution in [0.3, 0.4) is 0 Å². The molecule has 5 heteroatoms. The van der Waals surface area contributed by atoms with Gasteiger partial charge in [-0.2, -0.15) is 5.10 Å². The van der Waals surface area contributed by atoms with Crippen LogP contribution in [0.2, 0.25) is 0 Å². The van der Waals surface area contributed by atoms with Crippen LogP contribution in [0.5, 0.6) is 0 Å². The first-order valence-electron chi connectivity index (χ1n) is 9.78. The van der Waals surface area contributed by atoms with Crippen molar-refractivity contribution in [3.05, 3.63) is 46.8 Å². The summed E-state index contributed by atoms with van der Waals surface area (Å²) in [5, 5.41) is 4.82. The molecule has 1 amide bonds. The Labute approximate surface area is 156 Å². The molecular weight excluding hydrogens is 324 g/mol. The molecule has 2 heterocycles. The summed E-state index contributed by atoms with van der Waals surface area (Å²) in [5.74, 6) is 0.147. The van der Waals surface area contributed by atoms with Gasteiger partial charge >= 0.3 is 0 Å². The number of hydrogen-bond acceptors (Lipinski definition) is 3. The van der Waals surface area contributed by atoms with Crippen LogP contribution in [0.4, 0.5) is 0 Å². The van der Waals surface area contributed by atoms with Crippen LogP contribution in [-0.2, 0) is 12.8 Å². The normalized spacial score (nSPS) is 15.5. The van der Waals surface area contributed by atoms with Gasteiger partial charge in [-0.1, -0.05) is 32.9 Å². The zero-order valence-electron chi connectivity index (χ0n) is 16.5. The van der Waals surface area contributed by atoms with Crippen LogP contribution in [0.25, 0.3) is 5.69 Å². The molecule has 0 saturated carbocycles. The van der Waals surface area contributed by atoms with Crippen LogP contribution >= 0.6 is 0 Å². The summed E-state index contributed by atoms with van der Waals surface area (Å²) in [4.78, 5) is 17.7. The van der Waals surface area contributed by atoms with E-state index in [1.165, 1.54) is 5.56 Å². The van der Waals surface area contributed by atoms with Gasteiger partial charge in [0.05, 0.1) is 22.6 Å². The van der Waals surface area contributed by atoms with Gasteiger partial charge in [-0.05, 0) is 44.0 Å². The fourth-order valence-electron chi connectivity index (χ4n) is 3.72. The molecule has 1 saturated heterocycles. The van der Waals surface area contributed by atoms with Crippen molar-refractivity contribution in [1.29, 1.82) is 0 Å². The number of aromatic nitrogens is 2. The maximum Gasteiger partial charge on any atom is 0.257 e. The molecule has 0 bridgehead atoms. The van der Waals surface area contributed by atoms with Crippen LogP contribution < -0.4 is 0 Å². The van der Waals surface area contributed by atoms with Crippen LogP contribution in [0.1, 0.15) is 48.1 Å². The summed E-state index contributed by atoms with van der Waals surface area (Å²) in [7, 11) is 0. The molecule has 1 aliphatic rings. The van der Waals surface area contributed by atoms with Gasteiger partial charge in [-0.15, -0.1) is 0 Å². The van der Waals surface area contributed by atoms with E-state index in [0.717, 1.165) is 68.2 Å². The third-order valence-corrected chi connectivity index (χ3v) is 5.29. The van der Waals surface area contributed by atoms with Crippen molar-refractivity contribution >= 4 is 5.91 Å². The van der Waals surface area contributed by atoms with Gasteiger partial charge < -0.3 is 9.80 Å². The highest BCUT2D eigenvalue weighted by atomic mass is 16.2. The second-order valence-electron chi connectivity index (χ2n) is 6.95. The topological polar surface area (TPSA) is 41.4 Å².